The summed E-state index contributed by atoms with van der Waals surface area (Å²) in [6, 6.07) is 0. The van der Waals surface area contributed by atoms with E-state index in [9.17, 15) is 5.11 Å². The molecular formula is C13H26N2O. The van der Waals surface area contributed by atoms with Crippen molar-refractivity contribution in [2.24, 2.45) is 10.4 Å². The van der Waals surface area contributed by atoms with Crippen LogP contribution in [0.15, 0.2) is 29.5 Å². The predicted molar refractivity (Wildman–Crippen MR) is 72.4 cm³/mol. The van der Waals surface area contributed by atoms with E-state index in [0.29, 0.717) is 5.70 Å². The smallest absolute Gasteiger partial charge is 0.129 e. The van der Waals surface area contributed by atoms with Gasteiger partial charge in [0.15, 0.2) is 0 Å². The molecule has 0 aliphatic heterocycles. The number of aliphatic hydroxyl groups excluding tert-OH is 1. The van der Waals surface area contributed by atoms with E-state index in [1.165, 1.54) is 25.5 Å². The lowest BCUT2D eigenvalue weighted by atomic mass is 9.94. The summed E-state index contributed by atoms with van der Waals surface area (Å²) in [5.41, 5.74) is 0.445. The highest BCUT2D eigenvalue weighted by atomic mass is 16.3. The third-order valence-corrected chi connectivity index (χ3v) is 1.93. The van der Waals surface area contributed by atoms with Crippen LogP contribution in [0.2, 0.25) is 0 Å². The molecule has 1 saturated carbocycles. The third-order valence-electron chi connectivity index (χ3n) is 1.93. The number of aliphatic hydroxyl groups is 1. The second kappa shape index (κ2) is 7.23. The highest BCUT2D eigenvalue weighted by molar-refractivity contribution is 5.28. The van der Waals surface area contributed by atoms with Crippen molar-refractivity contribution < 1.29 is 6.53 Å². The predicted octanol–water partition coefficient (Wildman–Crippen LogP) is 3.08. The topological polar surface area (TPSA) is 44.6 Å². The molecule has 1 aliphatic rings. The summed E-state index contributed by atoms with van der Waals surface area (Å²) in [6.07, 6.45) is 6.98. The molecule has 0 radical (unpaired) electrons. The normalized spacial score (nSPS) is 16.6. The molecular weight excluding hydrogens is 200 g/mol. The van der Waals surface area contributed by atoms with Gasteiger partial charge in [-0.15, -0.1) is 0 Å². The highest BCUT2D eigenvalue weighted by Crippen LogP contribution is 2.17. The number of hydrogen-bond donors (Lipinski definition) is 2. The molecule has 0 saturated heterocycles. The van der Waals surface area contributed by atoms with Crippen LogP contribution in [0.5, 0.6) is 0 Å². The first-order valence-corrected chi connectivity index (χ1v) is 5.65. The van der Waals surface area contributed by atoms with Crippen LogP contribution in [0, 0.1) is 5.41 Å². The van der Waals surface area contributed by atoms with Crippen LogP contribution in [0.3, 0.4) is 0 Å². The molecule has 3 heteroatoms. The molecule has 3 nitrogen and oxygen atoms in total. The number of nitrogens with zero attached hydrogens (tertiary/aromatic N) is 1. The maximum atomic E-state index is 9.65. The van der Waals surface area contributed by atoms with Crippen LogP contribution in [-0.4, -0.2) is 18.1 Å². The fraction of sp³-hybridized carbons (Fsp3) is 0.615. The summed E-state index contributed by atoms with van der Waals surface area (Å²) in [6.45, 7) is 12.7. The zero-order chi connectivity index (χ0) is 12.6. The van der Waals surface area contributed by atoms with Crippen LogP contribution >= 0.6 is 0 Å². The summed E-state index contributed by atoms with van der Waals surface area (Å²) >= 11 is 0. The Morgan fingerprint density at radius 3 is 2.19 bits per heavy atom. The first-order valence-electron chi connectivity index (χ1n) is 5.65. The van der Waals surface area contributed by atoms with Crippen LogP contribution in [0.25, 0.3) is 0 Å². The molecule has 94 valence electrons. The number of allylic oxidation sites excluding steroid dienone is 1. The van der Waals surface area contributed by atoms with Crippen molar-refractivity contribution >= 4 is 6.72 Å². The second-order valence-corrected chi connectivity index (χ2v) is 4.94. The second-order valence-electron chi connectivity index (χ2n) is 4.94. The average Bonchev–Trinajstić information content (AvgIpc) is 3.02. The SMILES string of the molecule is C1CC1.C=C/C(=C\N=C)NC(O)C(C)(C)C.[HH]. The lowest BCUT2D eigenvalue weighted by molar-refractivity contribution is 0.0430. The molecule has 1 fully saturated rings. The lowest BCUT2D eigenvalue weighted by Crippen LogP contribution is -2.39. The number of hydrogen-bond acceptors (Lipinski definition) is 3. The molecule has 1 rings (SSSR count). The van der Waals surface area contributed by atoms with Crippen molar-refractivity contribution in [2.75, 3.05) is 0 Å². The summed E-state index contributed by atoms with van der Waals surface area (Å²) < 4.78 is 0. The monoisotopic (exact) mass is 226 g/mol. The van der Waals surface area contributed by atoms with Crippen molar-refractivity contribution in [3.05, 3.63) is 24.6 Å². The molecule has 2 N–H and O–H groups in total. The van der Waals surface area contributed by atoms with Gasteiger partial charge < -0.3 is 10.4 Å². The first-order chi connectivity index (χ1) is 7.41. The Balaban J connectivity index is 0. The van der Waals surface area contributed by atoms with E-state index in [2.05, 4.69) is 23.6 Å². The number of aliphatic imine (C=N–C) groups is 1. The summed E-state index contributed by atoms with van der Waals surface area (Å²) in [4.78, 5) is 3.59. The average molecular weight is 226 g/mol. The Morgan fingerprint density at radius 2 is 1.94 bits per heavy atom. The van der Waals surface area contributed by atoms with Gasteiger partial charge in [0.25, 0.3) is 0 Å². The molecule has 0 aromatic heterocycles. The minimum Gasteiger partial charge on any atom is -0.373 e. The van der Waals surface area contributed by atoms with Gasteiger partial charge in [-0.3, -0.25) is 4.99 Å². The van der Waals surface area contributed by atoms with Gasteiger partial charge in [0.1, 0.15) is 6.23 Å². The minimum atomic E-state index is -0.626. The van der Waals surface area contributed by atoms with Crippen molar-refractivity contribution in [1.29, 1.82) is 0 Å². The largest absolute Gasteiger partial charge is 0.373 e. The Labute approximate surface area is 100 Å². The van der Waals surface area contributed by atoms with Crippen molar-refractivity contribution in [3.8, 4) is 0 Å². The zero-order valence-corrected chi connectivity index (χ0v) is 10.7. The Kier molecular flexibility index (Phi) is 6.74. The molecule has 0 aromatic carbocycles. The zero-order valence-electron chi connectivity index (χ0n) is 10.7. The molecule has 1 unspecified atom stereocenters. The van der Waals surface area contributed by atoms with Crippen LogP contribution in [0.1, 0.15) is 41.5 Å². The molecule has 0 heterocycles. The Bertz CT molecular complexity index is 252. The van der Waals surface area contributed by atoms with E-state index in [1.54, 1.807) is 6.08 Å². The van der Waals surface area contributed by atoms with E-state index in [1.807, 2.05) is 20.8 Å². The fourth-order valence-corrected chi connectivity index (χ4v) is 0.622. The number of rotatable bonds is 4. The molecule has 1 aliphatic carbocycles. The Morgan fingerprint density at radius 1 is 1.44 bits per heavy atom. The van der Waals surface area contributed by atoms with E-state index in [-0.39, 0.29) is 6.84 Å². The van der Waals surface area contributed by atoms with Gasteiger partial charge in [-0.2, -0.15) is 0 Å². The summed E-state index contributed by atoms with van der Waals surface area (Å²) in [7, 11) is 0. The van der Waals surface area contributed by atoms with Gasteiger partial charge in [0, 0.05) is 13.0 Å². The first kappa shape index (κ1) is 14.9. The molecule has 0 aromatic rings. The summed E-state index contributed by atoms with van der Waals surface area (Å²) in [5.74, 6) is 0. The van der Waals surface area contributed by atoms with Crippen LogP contribution in [-0.2, 0) is 0 Å². The van der Waals surface area contributed by atoms with Crippen LogP contribution < -0.4 is 5.32 Å². The van der Waals surface area contributed by atoms with Gasteiger partial charge in [-0.25, -0.2) is 0 Å². The van der Waals surface area contributed by atoms with Crippen molar-refractivity contribution in [1.82, 2.24) is 5.32 Å². The van der Waals surface area contributed by atoms with Crippen LogP contribution in [0.4, 0.5) is 0 Å². The van der Waals surface area contributed by atoms with Gasteiger partial charge in [0.2, 0.25) is 0 Å². The van der Waals surface area contributed by atoms with Crippen molar-refractivity contribution in [2.45, 2.75) is 46.3 Å². The molecule has 16 heavy (non-hydrogen) atoms. The van der Waals surface area contributed by atoms with Crippen molar-refractivity contribution in [3.63, 3.8) is 0 Å². The van der Waals surface area contributed by atoms with Gasteiger partial charge in [-0.1, -0.05) is 46.6 Å². The number of nitrogens with one attached hydrogen (secondary N) is 1. The van der Waals surface area contributed by atoms with E-state index < -0.39 is 6.23 Å². The lowest BCUT2D eigenvalue weighted by Gasteiger charge is -2.27. The fourth-order valence-electron chi connectivity index (χ4n) is 0.622. The minimum absolute atomic E-state index is 0. The Hall–Kier alpha value is -1.09. The highest BCUT2D eigenvalue weighted by Gasteiger charge is 2.21. The molecule has 0 amide bonds. The van der Waals surface area contributed by atoms with E-state index >= 15 is 0 Å². The van der Waals surface area contributed by atoms with E-state index in [0.717, 1.165) is 0 Å². The van der Waals surface area contributed by atoms with E-state index in [4.69, 9.17) is 0 Å². The molecule has 1 atom stereocenters. The maximum absolute atomic E-state index is 9.65. The standard InChI is InChI=1S/C10H18N2O.C3H6.H2/c1-6-8(7-11-5)12-9(13)10(2,3)4;1-2-3-1;/h6-7,9,12-13H,1,5H2,2-4H3;1-3H2;1H/b8-7+;;. The third kappa shape index (κ3) is 8.24. The summed E-state index contributed by atoms with van der Waals surface area (Å²) in [5, 5.41) is 12.5. The van der Waals surface area contributed by atoms with Gasteiger partial charge in [0.05, 0.1) is 5.70 Å². The van der Waals surface area contributed by atoms with Gasteiger partial charge in [-0.05, 0) is 12.8 Å². The quantitative estimate of drug-likeness (QED) is 0.439. The maximum Gasteiger partial charge on any atom is 0.129 e. The van der Waals surface area contributed by atoms with Gasteiger partial charge >= 0.3 is 0 Å². The molecule has 0 bridgehead atoms. The molecule has 0 spiro atoms.